The minimum Gasteiger partial charge on any atom is -0.311 e. The standard InChI is InChI=1S/C59H40N4.C2H6/c1-4-14-42(15-5-1)52-38-43(41-34-36-60-37-35-41)24-31-57(52)63-56-23-13-11-21-51(56)54-40-45(26-33-59(54)63)44-25-32-58-53(39-44)50-20-10-12-22-55(50)62(58)49-29-27-48(28-30-49)61(46-16-6-2-7-17-46)47-18-8-3-9-19-47;1-2/h1-40H;1-2H3. The summed E-state index contributed by atoms with van der Waals surface area (Å²) in [6.07, 6.45) is 3.72. The Morgan fingerprint density at radius 2 is 0.769 bits per heavy atom. The molecule has 3 heterocycles. The van der Waals surface area contributed by atoms with Crippen molar-refractivity contribution in [3.05, 3.63) is 243 Å². The zero-order valence-electron chi connectivity index (χ0n) is 36.4. The van der Waals surface area contributed by atoms with Crippen LogP contribution in [0, 0.1) is 0 Å². The van der Waals surface area contributed by atoms with Gasteiger partial charge in [0.2, 0.25) is 0 Å². The zero-order chi connectivity index (χ0) is 43.7. The number of pyridine rings is 1. The second-order valence-corrected chi connectivity index (χ2v) is 16.0. The summed E-state index contributed by atoms with van der Waals surface area (Å²) in [4.78, 5) is 6.57. The molecule has 0 N–H and O–H groups in total. The molecular formula is C61H46N4. The van der Waals surface area contributed by atoms with Gasteiger partial charge in [-0.3, -0.25) is 4.98 Å². The Kier molecular flexibility index (Phi) is 10.3. The van der Waals surface area contributed by atoms with Crippen molar-refractivity contribution in [1.29, 1.82) is 0 Å². The first-order chi connectivity index (χ1) is 32.3. The van der Waals surface area contributed by atoms with Gasteiger partial charge in [-0.25, -0.2) is 0 Å². The Labute approximate surface area is 379 Å². The molecule has 0 amide bonds. The molecule has 12 rings (SSSR count). The van der Waals surface area contributed by atoms with Crippen LogP contribution in [0.5, 0.6) is 0 Å². The van der Waals surface area contributed by atoms with Gasteiger partial charge in [0.25, 0.3) is 0 Å². The van der Waals surface area contributed by atoms with Crippen LogP contribution in [0.4, 0.5) is 17.1 Å². The second-order valence-electron chi connectivity index (χ2n) is 16.0. The van der Waals surface area contributed by atoms with E-state index in [1.54, 1.807) is 0 Å². The van der Waals surface area contributed by atoms with E-state index in [4.69, 9.17) is 0 Å². The summed E-state index contributed by atoms with van der Waals surface area (Å²) in [7, 11) is 0. The van der Waals surface area contributed by atoms with Gasteiger partial charge in [-0.1, -0.05) is 135 Å². The summed E-state index contributed by atoms with van der Waals surface area (Å²) < 4.78 is 4.84. The van der Waals surface area contributed by atoms with E-state index in [1.165, 1.54) is 65.9 Å². The van der Waals surface area contributed by atoms with Crippen molar-refractivity contribution in [1.82, 2.24) is 14.1 Å². The molecule has 0 saturated heterocycles. The summed E-state index contributed by atoms with van der Waals surface area (Å²) >= 11 is 0. The SMILES string of the molecule is CC.c1ccc(-c2cc(-c3ccncc3)ccc2-n2c3ccccc3c3cc(-c4ccc5c(c4)c4ccccc4n5-c4ccc(N(c5ccccc5)c5ccccc5)cc4)ccc32)cc1. The fourth-order valence-corrected chi connectivity index (χ4v) is 9.50. The topological polar surface area (TPSA) is 26.0 Å². The Morgan fingerprint density at radius 1 is 0.323 bits per heavy atom. The van der Waals surface area contributed by atoms with E-state index in [1.807, 2.05) is 26.2 Å². The van der Waals surface area contributed by atoms with Crippen molar-refractivity contribution in [3.8, 4) is 44.8 Å². The van der Waals surface area contributed by atoms with Crippen LogP contribution in [0.3, 0.4) is 0 Å². The molecule has 0 radical (unpaired) electrons. The molecule has 0 saturated carbocycles. The van der Waals surface area contributed by atoms with Crippen molar-refractivity contribution in [2.45, 2.75) is 13.8 Å². The highest BCUT2D eigenvalue weighted by Gasteiger charge is 2.19. The number of anilines is 3. The van der Waals surface area contributed by atoms with E-state index in [0.29, 0.717) is 0 Å². The molecular weight excluding hydrogens is 789 g/mol. The molecule has 4 heteroatoms. The van der Waals surface area contributed by atoms with Crippen LogP contribution in [-0.4, -0.2) is 14.1 Å². The molecule has 310 valence electrons. The van der Waals surface area contributed by atoms with E-state index in [0.717, 1.165) is 39.6 Å². The molecule has 0 aliphatic carbocycles. The predicted octanol–water partition coefficient (Wildman–Crippen LogP) is 16.8. The van der Waals surface area contributed by atoms with Gasteiger partial charge in [0.05, 0.1) is 27.8 Å². The first kappa shape index (κ1) is 39.4. The molecule has 0 bridgehead atoms. The quantitative estimate of drug-likeness (QED) is 0.152. The lowest BCUT2D eigenvalue weighted by molar-refractivity contribution is 1.17. The highest BCUT2D eigenvalue weighted by molar-refractivity contribution is 6.13. The number of fused-ring (bicyclic) bond motifs is 6. The molecule has 0 fully saturated rings. The van der Waals surface area contributed by atoms with E-state index in [-0.39, 0.29) is 0 Å². The molecule has 12 aromatic rings. The van der Waals surface area contributed by atoms with Gasteiger partial charge in [-0.2, -0.15) is 0 Å². The highest BCUT2D eigenvalue weighted by atomic mass is 15.1. The van der Waals surface area contributed by atoms with Crippen molar-refractivity contribution in [2.24, 2.45) is 0 Å². The lowest BCUT2D eigenvalue weighted by atomic mass is 9.97. The average molecular weight is 835 g/mol. The molecule has 0 atom stereocenters. The van der Waals surface area contributed by atoms with Crippen LogP contribution < -0.4 is 4.90 Å². The summed E-state index contributed by atoms with van der Waals surface area (Å²) in [5.74, 6) is 0. The van der Waals surface area contributed by atoms with E-state index in [9.17, 15) is 0 Å². The maximum atomic E-state index is 4.27. The number of rotatable bonds is 8. The van der Waals surface area contributed by atoms with Crippen molar-refractivity contribution >= 4 is 60.7 Å². The van der Waals surface area contributed by atoms with Gasteiger partial charge in [0.1, 0.15) is 0 Å². The fourth-order valence-electron chi connectivity index (χ4n) is 9.50. The Balaban J connectivity index is 0.00000231. The molecule has 3 aromatic heterocycles. The lowest BCUT2D eigenvalue weighted by Crippen LogP contribution is -2.09. The van der Waals surface area contributed by atoms with Gasteiger partial charge in [-0.05, 0) is 137 Å². The Bertz CT molecular complexity index is 3550. The van der Waals surface area contributed by atoms with Gasteiger partial charge < -0.3 is 14.0 Å². The van der Waals surface area contributed by atoms with Crippen molar-refractivity contribution in [3.63, 3.8) is 0 Å². The van der Waals surface area contributed by atoms with Gasteiger partial charge >= 0.3 is 0 Å². The number of para-hydroxylation sites is 4. The summed E-state index contributed by atoms with van der Waals surface area (Å²) in [6, 6.07) is 83.3. The van der Waals surface area contributed by atoms with Crippen LogP contribution in [-0.2, 0) is 0 Å². The normalized spacial score (nSPS) is 11.2. The third-order valence-corrected chi connectivity index (χ3v) is 12.4. The van der Waals surface area contributed by atoms with Crippen LogP contribution in [0.2, 0.25) is 0 Å². The minimum absolute atomic E-state index is 1.11. The van der Waals surface area contributed by atoms with Crippen LogP contribution in [0.25, 0.3) is 88.4 Å². The minimum atomic E-state index is 1.11. The van der Waals surface area contributed by atoms with Crippen LogP contribution in [0.1, 0.15) is 13.8 Å². The second kappa shape index (κ2) is 17.0. The number of hydrogen-bond acceptors (Lipinski definition) is 2. The van der Waals surface area contributed by atoms with Crippen LogP contribution in [0.15, 0.2) is 243 Å². The third kappa shape index (κ3) is 7.02. The number of nitrogens with zero attached hydrogens (tertiary/aromatic N) is 4. The summed E-state index contributed by atoms with van der Waals surface area (Å²) in [5, 5.41) is 4.91. The first-order valence-electron chi connectivity index (χ1n) is 22.4. The van der Waals surface area contributed by atoms with E-state index < -0.39 is 0 Å². The number of benzene rings is 9. The first-order valence-corrected chi connectivity index (χ1v) is 22.4. The number of aromatic nitrogens is 3. The highest BCUT2D eigenvalue weighted by Crippen LogP contribution is 2.42. The Hall–Kier alpha value is -8.47. The maximum absolute atomic E-state index is 4.27. The number of hydrogen-bond donors (Lipinski definition) is 0. The average Bonchev–Trinajstić information content (AvgIpc) is 3.90. The maximum Gasteiger partial charge on any atom is 0.0541 e. The molecule has 0 aliphatic rings. The van der Waals surface area contributed by atoms with Crippen molar-refractivity contribution < 1.29 is 0 Å². The molecule has 0 aliphatic heterocycles. The molecule has 0 unspecified atom stereocenters. The van der Waals surface area contributed by atoms with Gasteiger partial charge in [-0.15, -0.1) is 0 Å². The van der Waals surface area contributed by atoms with Gasteiger partial charge in [0.15, 0.2) is 0 Å². The largest absolute Gasteiger partial charge is 0.311 e. The molecule has 4 nitrogen and oxygen atoms in total. The van der Waals surface area contributed by atoms with Gasteiger partial charge in [0, 0.05) is 62.3 Å². The lowest BCUT2D eigenvalue weighted by Gasteiger charge is -2.25. The monoisotopic (exact) mass is 834 g/mol. The molecule has 9 aromatic carbocycles. The van der Waals surface area contributed by atoms with Crippen LogP contribution >= 0.6 is 0 Å². The summed E-state index contributed by atoms with van der Waals surface area (Å²) in [5.41, 5.74) is 17.4. The van der Waals surface area contributed by atoms with Crippen molar-refractivity contribution in [2.75, 3.05) is 4.90 Å². The van der Waals surface area contributed by atoms with E-state index in [2.05, 4.69) is 250 Å². The molecule has 65 heavy (non-hydrogen) atoms. The van der Waals surface area contributed by atoms with E-state index >= 15 is 0 Å². The Morgan fingerprint density at radius 3 is 1.35 bits per heavy atom. The predicted molar refractivity (Wildman–Crippen MR) is 275 cm³/mol. The molecule has 0 spiro atoms. The summed E-state index contributed by atoms with van der Waals surface area (Å²) in [6.45, 7) is 4.00. The fraction of sp³-hybridized carbons (Fsp3) is 0.0328. The zero-order valence-corrected chi connectivity index (χ0v) is 36.4. The smallest absolute Gasteiger partial charge is 0.0541 e. The third-order valence-electron chi connectivity index (χ3n) is 12.4.